The van der Waals surface area contributed by atoms with Crippen molar-refractivity contribution in [3.8, 4) is 10.6 Å². The minimum atomic E-state index is -1.02. The van der Waals surface area contributed by atoms with Crippen molar-refractivity contribution in [2.24, 2.45) is 5.92 Å². The minimum Gasteiger partial charge on any atom is -0.480 e. The summed E-state index contributed by atoms with van der Waals surface area (Å²) in [6.07, 6.45) is 0.458. The number of carbonyl (C=O) groups is 2. The Morgan fingerprint density at radius 3 is 2.54 bits per heavy atom. The van der Waals surface area contributed by atoms with Crippen LogP contribution in [0.15, 0.2) is 29.6 Å². The third-order valence-corrected chi connectivity index (χ3v) is 4.52. The highest BCUT2D eigenvalue weighted by atomic mass is 35.5. The van der Waals surface area contributed by atoms with E-state index in [4.69, 9.17) is 11.6 Å². The van der Waals surface area contributed by atoms with Crippen LogP contribution in [0.2, 0.25) is 5.02 Å². The van der Waals surface area contributed by atoms with E-state index in [0.29, 0.717) is 17.1 Å². The SMILES string of the molecule is CC(C)C[C@H](NC(=O)Cc1csc(-c2ccc(Cl)cc2)n1)C(=O)O. The van der Waals surface area contributed by atoms with Gasteiger partial charge >= 0.3 is 5.97 Å². The van der Waals surface area contributed by atoms with Crippen LogP contribution in [0.3, 0.4) is 0 Å². The highest BCUT2D eigenvalue weighted by Crippen LogP contribution is 2.25. The predicted octanol–water partition coefficient (Wildman–Crippen LogP) is 3.62. The van der Waals surface area contributed by atoms with Gasteiger partial charge < -0.3 is 10.4 Å². The zero-order valence-corrected chi connectivity index (χ0v) is 15.0. The molecular weight excluding hydrogens is 348 g/mol. The van der Waals surface area contributed by atoms with Gasteiger partial charge in [0.25, 0.3) is 0 Å². The summed E-state index contributed by atoms with van der Waals surface area (Å²) < 4.78 is 0. The lowest BCUT2D eigenvalue weighted by molar-refractivity contribution is -0.142. The molecule has 1 atom stereocenters. The molecule has 2 N–H and O–H groups in total. The molecule has 1 amide bonds. The lowest BCUT2D eigenvalue weighted by Crippen LogP contribution is -2.42. The average molecular weight is 367 g/mol. The quantitative estimate of drug-likeness (QED) is 0.784. The van der Waals surface area contributed by atoms with Crippen LogP contribution in [0, 0.1) is 5.92 Å². The number of aromatic nitrogens is 1. The van der Waals surface area contributed by atoms with Gasteiger partial charge in [0, 0.05) is 16.0 Å². The normalized spacial score (nSPS) is 12.2. The van der Waals surface area contributed by atoms with Gasteiger partial charge in [-0.2, -0.15) is 0 Å². The van der Waals surface area contributed by atoms with E-state index in [1.54, 1.807) is 12.1 Å². The molecule has 2 rings (SSSR count). The fraction of sp³-hybridized carbons (Fsp3) is 0.353. The first kappa shape index (κ1) is 18.4. The minimum absolute atomic E-state index is 0.0615. The van der Waals surface area contributed by atoms with Gasteiger partial charge in [0.05, 0.1) is 12.1 Å². The van der Waals surface area contributed by atoms with Crippen LogP contribution in [0.25, 0.3) is 10.6 Å². The summed E-state index contributed by atoms with van der Waals surface area (Å²) in [7, 11) is 0. The zero-order valence-electron chi connectivity index (χ0n) is 13.5. The fourth-order valence-corrected chi connectivity index (χ4v) is 3.17. The van der Waals surface area contributed by atoms with E-state index in [1.165, 1.54) is 11.3 Å². The molecule has 128 valence electrons. The Kier molecular flexibility index (Phi) is 6.34. The maximum atomic E-state index is 12.1. The van der Waals surface area contributed by atoms with Crippen LogP contribution in [-0.4, -0.2) is 28.0 Å². The molecular formula is C17H19ClN2O3S. The molecule has 0 aliphatic heterocycles. The van der Waals surface area contributed by atoms with Gasteiger partial charge in [0.15, 0.2) is 0 Å². The Bertz CT molecular complexity index is 713. The maximum Gasteiger partial charge on any atom is 0.326 e. The van der Waals surface area contributed by atoms with E-state index < -0.39 is 12.0 Å². The highest BCUT2D eigenvalue weighted by molar-refractivity contribution is 7.13. The first-order valence-electron chi connectivity index (χ1n) is 7.57. The number of hydrogen-bond acceptors (Lipinski definition) is 4. The first-order valence-corrected chi connectivity index (χ1v) is 8.83. The standard InChI is InChI=1S/C17H19ClN2O3S/c1-10(2)7-14(17(22)23)20-15(21)8-13-9-24-16(19-13)11-3-5-12(18)6-4-11/h3-6,9-10,14H,7-8H2,1-2H3,(H,20,21)(H,22,23)/t14-/m0/s1. The molecule has 0 spiro atoms. The number of aliphatic carboxylic acids is 1. The van der Waals surface area contributed by atoms with Gasteiger partial charge in [0.1, 0.15) is 11.0 Å². The first-order chi connectivity index (χ1) is 11.3. The fourth-order valence-electron chi connectivity index (χ4n) is 2.22. The number of halogens is 1. The van der Waals surface area contributed by atoms with Crippen LogP contribution in [0.1, 0.15) is 26.0 Å². The van der Waals surface area contributed by atoms with Crippen molar-refractivity contribution < 1.29 is 14.7 Å². The summed E-state index contributed by atoms with van der Waals surface area (Å²) in [6, 6.07) is 6.44. The number of thiazole rings is 1. The number of hydrogen-bond donors (Lipinski definition) is 2. The molecule has 0 saturated heterocycles. The van der Waals surface area contributed by atoms with Crippen LogP contribution in [0.4, 0.5) is 0 Å². The molecule has 24 heavy (non-hydrogen) atoms. The predicted molar refractivity (Wildman–Crippen MR) is 95.3 cm³/mol. The molecule has 1 heterocycles. The highest BCUT2D eigenvalue weighted by Gasteiger charge is 2.21. The molecule has 0 aliphatic carbocycles. The van der Waals surface area contributed by atoms with Crippen molar-refractivity contribution >= 4 is 34.8 Å². The molecule has 0 radical (unpaired) electrons. The third-order valence-electron chi connectivity index (χ3n) is 3.33. The third kappa shape index (κ3) is 5.32. The number of amides is 1. The van der Waals surface area contributed by atoms with E-state index in [2.05, 4.69) is 10.3 Å². The van der Waals surface area contributed by atoms with Gasteiger partial charge in [-0.05, 0) is 24.5 Å². The second-order valence-electron chi connectivity index (χ2n) is 5.92. The number of nitrogens with zero attached hydrogens (tertiary/aromatic N) is 1. The zero-order chi connectivity index (χ0) is 17.7. The summed E-state index contributed by atoms with van der Waals surface area (Å²) in [5.41, 5.74) is 1.55. The van der Waals surface area contributed by atoms with Crippen molar-refractivity contribution in [2.75, 3.05) is 0 Å². The van der Waals surface area contributed by atoms with E-state index in [1.807, 2.05) is 31.4 Å². The topological polar surface area (TPSA) is 79.3 Å². The Morgan fingerprint density at radius 2 is 1.96 bits per heavy atom. The Balaban J connectivity index is 1.99. The van der Waals surface area contributed by atoms with Crippen molar-refractivity contribution in [1.29, 1.82) is 0 Å². The molecule has 2 aromatic rings. The molecule has 0 bridgehead atoms. The monoisotopic (exact) mass is 366 g/mol. The van der Waals surface area contributed by atoms with Crippen LogP contribution >= 0.6 is 22.9 Å². The van der Waals surface area contributed by atoms with Crippen LogP contribution < -0.4 is 5.32 Å². The summed E-state index contributed by atoms with van der Waals surface area (Å²) in [4.78, 5) is 27.7. The molecule has 0 unspecified atom stereocenters. The molecule has 0 saturated carbocycles. The number of nitrogens with one attached hydrogen (secondary N) is 1. The van der Waals surface area contributed by atoms with E-state index in [0.717, 1.165) is 10.6 Å². The number of benzene rings is 1. The largest absolute Gasteiger partial charge is 0.480 e. The number of carboxylic acid groups (broad SMARTS) is 1. The van der Waals surface area contributed by atoms with E-state index in [9.17, 15) is 14.7 Å². The number of carboxylic acids is 1. The molecule has 0 fully saturated rings. The molecule has 5 nitrogen and oxygen atoms in total. The van der Waals surface area contributed by atoms with E-state index in [-0.39, 0.29) is 18.2 Å². The Morgan fingerprint density at radius 1 is 1.29 bits per heavy atom. The van der Waals surface area contributed by atoms with Gasteiger partial charge in [-0.1, -0.05) is 37.6 Å². The Hall–Kier alpha value is -1.92. The maximum absolute atomic E-state index is 12.1. The lowest BCUT2D eigenvalue weighted by Gasteiger charge is -2.16. The molecule has 0 aliphatic rings. The Labute approximate surface area is 149 Å². The average Bonchev–Trinajstić information content (AvgIpc) is 2.95. The number of rotatable bonds is 7. The van der Waals surface area contributed by atoms with Crippen molar-refractivity contribution in [2.45, 2.75) is 32.7 Å². The molecule has 1 aromatic carbocycles. The second-order valence-corrected chi connectivity index (χ2v) is 7.21. The van der Waals surface area contributed by atoms with Crippen molar-refractivity contribution in [3.63, 3.8) is 0 Å². The van der Waals surface area contributed by atoms with Gasteiger partial charge in [-0.3, -0.25) is 4.79 Å². The van der Waals surface area contributed by atoms with Crippen LogP contribution in [0.5, 0.6) is 0 Å². The van der Waals surface area contributed by atoms with Crippen molar-refractivity contribution in [1.82, 2.24) is 10.3 Å². The molecule has 7 heteroatoms. The summed E-state index contributed by atoms with van der Waals surface area (Å²) >= 11 is 7.30. The number of carbonyl (C=O) groups excluding carboxylic acids is 1. The second kappa shape index (κ2) is 8.26. The van der Waals surface area contributed by atoms with Crippen LogP contribution in [-0.2, 0) is 16.0 Å². The van der Waals surface area contributed by atoms with Gasteiger partial charge in [-0.25, -0.2) is 9.78 Å². The summed E-state index contributed by atoms with van der Waals surface area (Å²) in [5, 5.41) is 15.0. The summed E-state index contributed by atoms with van der Waals surface area (Å²) in [5.74, 6) is -1.17. The molecule has 1 aromatic heterocycles. The summed E-state index contributed by atoms with van der Waals surface area (Å²) in [6.45, 7) is 3.84. The van der Waals surface area contributed by atoms with Gasteiger partial charge in [0.2, 0.25) is 5.91 Å². The lowest BCUT2D eigenvalue weighted by atomic mass is 10.0. The van der Waals surface area contributed by atoms with E-state index >= 15 is 0 Å². The van der Waals surface area contributed by atoms with Gasteiger partial charge in [-0.15, -0.1) is 11.3 Å². The van der Waals surface area contributed by atoms with Crippen molar-refractivity contribution in [3.05, 3.63) is 40.4 Å². The smallest absolute Gasteiger partial charge is 0.326 e.